The van der Waals surface area contributed by atoms with E-state index in [0.717, 1.165) is 23.6 Å². The summed E-state index contributed by atoms with van der Waals surface area (Å²) in [4.78, 5) is 7.14. The van der Waals surface area contributed by atoms with Crippen molar-refractivity contribution in [3.63, 3.8) is 0 Å². The van der Waals surface area contributed by atoms with Gasteiger partial charge in [0.05, 0.1) is 5.69 Å². The molecule has 3 aromatic carbocycles. The zero-order valence-electron chi connectivity index (χ0n) is 19.4. The second-order valence-corrected chi connectivity index (χ2v) is 9.41. The molecule has 0 spiro atoms. The number of hydrogen-bond acceptors (Lipinski definition) is 3. The Morgan fingerprint density at radius 3 is 2.23 bits per heavy atom. The summed E-state index contributed by atoms with van der Waals surface area (Å²) >= 11 is 0. The van der Waals surface area contributed by atoms with Gasteiger partial charge in [-0.2, -0.15) is 0 Å². The van der Waals surface area contributed by atoms with E-state index >= 15 is 0 Å². The number of benzene rings is 3. The third-order valence-corrected chi connectivity index (χ3v) is 6.47. The van der Waals surface area contributed by atoms with Gasteiger partial charge in [-0.3, -0.25) is 4.99 Å². The molecule has 1 aliphatic rings. The van der Waals surface area contributed by atoms with Crippen LogP contribution in [0.4, 0.5) is 11.4 Å². The minimum absolute atomic E-state index is 0.177. The standard InChI is InChI=1S/C28H32N2O/c1-19-7-11-24(12-8-19)31-25-13-9-23(10-14-25)29-18-22-16-26-21(3)17-28(4,5)30(6)27(26)15-20(22)2/h7-16,18,21H,17H2,1-6H3. The van der Waals surface area contributed by atoms with Crippen molar-refractivity contribution in [3.8, 4) is 11.5 Å². The predicted octanol–water partition coefficient (Wildman–Crippen LogP) is 7.57. The molecule has 160 valence electrons. The molecule has 0 aliphatic carbocycles. The lowest BCUT2D eigenvalue weighted by Crippen LogP contribution is -2.45. The van der Waals surface area contributed by atoms with Crippen LogP contribution in [0.1, 0.15) is 55.4 Å². The van der Waals surface area contributed by atoms with Gasteiger partial charge in [0, 0.05) is 24.5 Å². The number of nitrogens with zero attached hydrogens (tertiary/aromatic N) is 2. The van der Waals surface area contributed by atoms with E-state index < -0.39 is 0 Å². The third kappa shape index (κ3) is 4.51. The first-order valence-corrected chi connectivity index (χ1v) is 11.0. The number of aliphatic imine (C=N–C) groups is 1. The highest BCUT2D eigenvalue weighted by Gasteiger charge is 2.34. The SMILES string of the molecule is Cc1ccc(Oc2ccc(N=Cc3cc4c(cc3C)N(C)C(C)(C)CC4C)cc2)cc1. The van der Waals surface area contributed by atoms with E-state index in [0.29, 0.717) is 5.92 Å². The number of aryl methyl sites for hydroxylation is 2. The van der Waals surface area contributed by atoms with Crippen LogP contribution in [-0.2, 0) is 0 Å². The predicted molar refractivity (Wildman–Crippen MR) is 132 cm³/mol. The molecule has 0 saturated carbocycles. The number of anilines is 1. The molecule has 0 N–H and O–H groups in total. The molecule has 1 atom stereocenters. The van der Waals surface area contributed by atoms with Gasteiger partial charge >= 0.3 is 0 Å². The molecule has 4 rings (SSSR count). The van der Waals surface area contributed by atoms with Gasteiger partial charge < -0.3 is 9.64 Å². The summed E-state index contributed by atoms with van der Waals surface area (Å²) in [6.07, 6.45) is 3.14. The minimum Gasteiger partial charge on any atom is -0.457 e. The summed E-state index contributed by atoms with van der Waals surface area (Å²) in [6.45, 7) is 11.2. The Morgan fingerprint density at radius 2 is 1.58 bits per heavy atom. The number of rotatable bonds is 4. The fourth-order valence-electron chi connectivity index (χ4n) is 4.36. The van der Waals surface area contributed by atoms with Crippen molar-refractivity contribution in [2.24, 2.45) is 4.99 Å². The largest absolute Gasteiger partial charge is 0.457 e. The average Bonchev–Trinajstić information content (AvgIpc) is 2.73. The topological polar surface area (TPSA) is 24.8 Å². The van der Waals surface area contributed by atoms with E-state index in [-0.39, 0.29) is 5.54 Å². The van der Waals surface area contributed by atoms with Gasteiger partial charge in [-0.05, 0) is 105 Å². The van der Waals surface area contributed by atoms with Gasteiger partial charge in [0.1, 0.15) is 11.5 Å². The monoisotopic (exact) mass is 412 g/mol. The van der Waals surface area contributed by atoms with Crippen LogP contribution in [0.25, 0.3) is 0 Å². The van der Waals surface area contributed by atoms with Crippen LogP contribution in [0.15, 0.2) is 65.7 Å². The van der Waals surface area contributed by atoms with Crippen molar-refractivity contribution in [2.75, 3.05) is 11.9 Å². The quantitative estimate of drug-likeness (QED) is 0.413. The lowest BCUT2D eigenvalue weighted by molar-refractivity contribution is 0.395. The molecule has 1 aliphatic heterocycles. The van der Waals surface area contributed by atoms with Crippen LogP contribution in [0.5, 0.6) is 11.5 Å². The molecular weight excluding hydrogens is 380 g/mol. The van der Waals surface area contributed by atoms with Crippen LogP contribution in [-0.4, -0.2) is 18.8 Å². The van der Waals surface area contributed by atoms with Gasteiger partial charge in [-0.1, -0.05) is 24.6 Å². The lowest BCUT2D eigenvalue weighted by Gasteiger charge is -2.45. The second kappa shape index (κ2) is 8.22. The Balaban J connectivity index is 1.52. The molecule has 31 heavy (non-hydrogen) atoms. The van der Waals surface area contributed by atoms with E-state index in [4.69, 9.17) is 9.73 Å². The Hall–Kier alpha value is -3.07. The number of ether oxygens (including phenoxy) is 1. The summed E-state index contributed by atoms with van der Waals surface area (Å²) in [6, 6.07) is 20.6. The average molecular weight is 413 g/mol. The van der Waals surface area contributed by atoms with Crippen LogP contribution in [0.2, 0.25) is 0 Å². The first-order valence-electron chi connectivity index (χ1n) is 11.0. The normalized spacial score (nSPS) is 17.6. The van der Waals surface area contributed by atoms with E-state index in [1.165, 1.54) is 27.9 Å². The maximum absolute atomic E-state index is 5.91. The summed E-state index contributed by atoms with van der Waals surface area (Å²) in [7, 11) is 2.21. The summed E-state index contributed by atoms with van der Waals surface area (Å²) in [5, 5.41) is 0. The second-order valence-electron chi connectivity index (χ2n) is 9.41. The zero-order chi connectivity index (χ0) is 22.2. The molecule has 0 aromatic heterocycles. The molecule has 0 bridgehead atoms. The van der Waals surface area contributed by atoms with Crippen molar-refractivity contribution in [2.45, 2.75) is 52.5 Å². The van der Waals surface area contributed by atoms with Crippen LogP contribution < -0.4 is 9.64 Å². The van der Waals surface area contributed by atoms with E-state index in [9.17, 15) is 0 Å². The maximum atomic E-state index is 5.91. The molecule has 3 heteroatoms. The summed E-state index contributed by atoms with van der Waals surface area (Å²) in [5.74, 6) is 2.19. The lowest BCUT2D eigenvalue weighted by atomic mass is 9.79. The molecule has 0 saturated heterocycles. The Labute approximate surface area is 186 Å². The van der Waals surface area contributed by atoms with Gasteiger partial charge in [0.25, 0.3) is 0 Å². The van der Waals surface area contributed by atoms with Gasteiger partial charge in [0.2, 0.25) is 0 Å². The fourth-order valence-corrected chi connectivity index (χ4v) is 4.36. The highest BCUT2D eigenvalue weighted by Crippen LogP contribution is 2.43. The number of hydrogen-bond donors (Lipinski definition) is 0. The Morgan fingerprint density at radius 1 is 0.968 bits per heavy atom. The first kappa shape index (κ1) is 21.2. The highest BCUT2D eigenvalue weighted by molar-refractivity contribution is 5.86. The maximum Gasteiger partial charge on any atom is 0.127 e. The zero-order valence-corrected chi connectivity index (χ0v) is 19.4. The third-order valence-electron chi connectivity index (χ3n) is 6.47. The van der Waals surface area contributed by atoms with Crippen molar-refractivity contribution >= 4 is 17.6 Å². The van der Waals surface area contributed by atoms with Crippen molar-refractivity contribution in [3.05, 3.63) is 82.9 Å². The van der Waals surface area contributed by atoms with Crippen molar-refractivity contribution in [1.29, 1.82) is 0 Å². The van der Waals surface area contributed by atoms with Crippen LogP contribution in [0, 0.1) is 13.8 Å². The van der Waals surface area contributed by atoms with E-state index in [1.54, 1.807) is 0 Å². The van der Waals surface area contributed by atoms with E-state index in [1.807, 2.05) is 42.6 Å². The molecule has 1 unspecified atom stereocenters. The van der Waals surface area contributed by atoms with Gasteiger partial charge in [-0.15, -0.1) is 0 Å². The number of fused-ring (bicyclic) bond motifs is 1. The van der Waals surface area contributed by atoms with Gasteiger partial charge in [-0.25, -0.2) is 0 Å². The summed E-state index contributed by atoms with van der Waals surface area (Å²) in [5.41, 5.74) is 7.50. The van der Waals surface area contributed by atoms with Crippen molar-refractivity contribution in [1.82, 2.24) is 0 Å². The summed E-state index contributed by atoms with van der Waals surface area (Å²) < 4.78 is 5.91. The highest BCUT2D eigenvalue weighted by atomic mass is 16.5. The molecule has 1 heterocycles. The first-order chi connectivity index (χ1) is 14.7. The van der Waals surface area contributed by atoms with Crippen LogP contribution >= 0.6 is 0 Å². The smallest absolute Gasteiger partial charge is 0.127 e. The fraction of sp³-hybridized carbons (Fsp3) is 0.321. The molecule has 0 radical (unpaired) electrons. The molecule has 3 aromatic rings. The van der Waals surface area contributed by atoms with Crippen LogP contribution in [0.3, 0.4) is 0 Å². The Bertz CT molecular complexity index is 1100. The van der Waals surface area contributed by atoms with Gasteiger partial charge in [0.15, 0.2) is 0 Å². The molecule has 0 fully saturated rings. The minimum atomic E-state index is 0.177. The molecular formula is C28H32N2O. The van der Waals surface area contributed by atoms with E-state index in [2.05, 4.69) is 70.8 Å². The van der Waals surface area contributed by atoms with Crippen molar-refractivity contribution < 1.29 is 4.74 Å². The molecule has 0 amide bonds. The molecule has 3 nitrogen and oxygen atoms in total. The Kier molecular flexibility index (Phi) is 5.62.